The van der Waals surface area contributed by atoms with E-state index in [1.54, 1.807) is 6.07 Å². The molecule has 2 aliphatic rings. The number of rotatable bonds is 6. The number of likely N-dealkylation sites (N-methyl/N-ethyl adjacent to an activating group) is 1. The summed E-state index contributed by atoms with van der Waals surface area (Å²) < 4.78 is 62.1. The van der Waals surface area contributed by atoms with Gasteiger partial charge in [-0.05, 0) is 36.4 Å². The number of aromatic nitrogens is 1. The van der Waals surface area contributed by atoms with Crippen molar-refractivity contribution in [1.82, 2.24) is 14.8 Å². The second-order valence-corrected chi connectivity index (χ2v) is 10.3. The number of alkyl halides is 3. The van der Waals surface area contributed by atoms with E-state index < -0.39 is 34.6 Å². The van der Waals surface area contributed by atoms with E-state index in [2.05, 4.69) is 20.1 Å². The standard InChI is InChI=1S/C29H31F4N5O3/c1-36-5-7-38(8-6-36)26-16-24(30)21(20-4-2-3-19(13-20)18-37-9-11-41-12-10-37)14-25(26)35-28(40)22-17-34-27(39)15-23(22)29(31,32)33/h2-4,13-17H,5-12,18H2,1H3,(H,34,39)(H,35,40). The molecule has 1 amide bonds. The van der Waals surface area contributed by atoms with Gasteiger partial charge in [0.05, 0.1) is 35.7 Å². The Labute approximate surface area is 234 Å². The zero-order valence-electron chi connectivity index (χ0n) is 22.6. The minimum Gasteiger partial charge on any atom is -0.379 e. The minimum atomic E-state index is -4.92. The summed E-state index contributed by atoms with van der Waals surface area (Å²) in [5.74, 6) is -1.58. The molecule has 2 aromatic carbocycles. The molecule has 5 rings (SSSR count). The second-order valence-electron chi connectivity index (χ2n) is 10.3. The first-order chi connectivity index (χ1) is 19.6. The zero-order chi connectivity index (χ0) is 29.1. The SMILES string of the molecule is CN1CCN(c2cc(F)c(-c3cccc(CN4CCOCC4)c3)cc2NC(=O)c2c[nH]c(=O)cc2C(F)(F)F)CC1. The first kappa shape index (κ1) is 28.8. The van der Waals surface area contributed by atoms with Gasteiger partial charge in [0.25, 0.3) is 5.91 Å². The number of hydrogen-bond acceptors (Lipinski definition) is 6. The van der Waals surface area contributed by atoms with Crippen LogP contribution in [0.1, 0.15) is 21.5 Å². The Morgan fingerprint density at radius 1 is 1.02 bits per heavy atom. The number of morpholine rings is 1. The molecule has 0 saturated carbocycles. The molecule has 0 spiro atoms. The molecule has 1 aromatic heterocycles. The summed E-state index contributed by atoms with van der Waals surface area (Å²) in [6.07, 6.45) is -4.17. The lowest BCUT2D eigenvalue weighted by molar-refractivity contribution is -0.138. The Hall–Kier alpha value is -3.74. The number of piperazine rings is 1. The van der Waals surface area contributed by atoms with E-state index in [4.69, 9.17) is 4.74 Å². The number of hydrogen-bond donors (Lipinski definition) is 2. The van der Waals surface area contributed by atoms with Crippen LogP contribution >= 0.6 is 0 Å². The smallest absolute Gasteiger partial charge is 0.379 e. The summed E-state index contributed by atoms with van der Waals surface area (Å²) in [6.45, 7) is 6.01. The number of pyridine rings is 1. The maximum absolute atomic E-state index is 15.7. The fourth-order valence-corrected chi connectivity index (χ4v) is 5.13. The highest BCUT2D eigenvalue weighted by Crippen LogP contribution is 2.36. The number of carbonyl (C=O) groups is 1. The highest BCUT2D eigenvalue weighted by Gasteiger charge is 2.36. The highest BCUT2D eigenvalue weighted by molar-refractivity contribution is 6.07. The van der Waals surface area contributed by atoms with Crippen LogP contribution in [-0.2, 0) is 17.5 Å². The number of nitrogens with one attached hydrogen (secondary N) is 2. The van der Waals surface area contributed by atoms with Gasteiger partial charge in [0, 0.05) is 63.6 Å². The number of H-pyrrole nitrogens is 1. The number of halogens is 4. The van der Waals surface area contributed by atoms with Crippen molar-refractivity contribution in [2.45, 2.75) is 12.7 Å². The number of carbonyl (C=O) groups excluding carboxylic acids is 1. The molecule has 0 aliphatic carbocycles. The van der Waals surface area contributed by atoms with Gasteiger partial charge in [0.2, 0.25) is 5.56 Å². The van der Waals surface area contributed by atoms with Gasteiger partial charge < -0.3 is 24.8 Å². The van der Waals surface area contributed by atoms with Gasteiger partial charge in [0.1, 0.15) is 5.82 Å². The fraction of sp³-hybridized carbons (Fsp3) is 0.379. The van der Waals surface area contributed by atoms with E-state index in [9.17, 15) is 22.8 Å². The molecule has 0 unspecified atom stereocenters. The maximum Gasteiger partial charge on any atom is 0.417 e. The predicted molar refractivity (Wildman–Crippen MR) is 148 cm³/mol. The number of aromatic amines is 1. The van der Waals surface area contributed by atoms with Gasteiger partial charge >= 0.3 is 6.18 Å². The van der Waals surface area contributed by atoms with Crippen molar-refractivity contribution >= 4 is 17.3 Å². The van der Waals surface area contributed by atoms with Crippen LogP contribution in [0.25, 0.3) is 11.1 Å². The summed E-state index contributed by atoms with van der Waals surface area (Å²) in [5, 5.41) is 2.58. The molecule has 3 aromatic rings. The average Bonchev–Trinajstić information content (AvgIpc) is 2.94. The predicted octanol–water partition coefficient (Wildman–Crippen LogP) is 4.04. The van der Waals surface area contributed by atoms with Crippen molar-refractivity contribution in [2.24, 2.45) is 0 Å². The molecule has 2 aliphatic heterocycles. The Bertz CT molecular complexity index is 1460. The van der Waals surface area contributed by atoms with Crippen LogP contribution < -0.4 is 15.8 Å². The van der Waals surface area contributed by atoms with Crippen molar-refractivity contribution in [3.8, 4) is 11.1 Å². The van der Waals surface area contributed by atoms with E-state index in [1.807, 2.05) is 30.1 Å². The third kappa shape index (κ3) is 6.77. The fourth-order valence-electron chi connectivity index (χ4n) is 5.13. The van der Waals surface area contributed by atoms with Gasteiger partial charge in [-0.1, -0.05) is 18.2 Å². The van der Waals surface area contributed by atoms with Crippen LogP contribution in [0.5, 0.6) is 0 Å². The van der Waals surface area contributed by atoms with Gasteiger partial charge in [-0.25, -0.2) is 4.39 Å². The topological polar surface area (TPSA) is 80.9 Å². The molecular weight excluding hydrogens is 542 g/mol. The molecule has 0 atom stereocenters. The number of benzene rings is 2. The van der Waals surface area contributed by atoms with Crippen molar-refractivity contribution in [1.29, 1.82) is 0 Å². The Balaban J connectivity index is 1.52. The first-order valence-corrected chi connectivity index (χ1v) is 13.4. The van der Waals surface area contributed by atoms with E-state index >= 15 is 4.39 Å². The van der Waals surface area contributed by atoms with Crippen molar-refractivity contribution in [3.63, 3.8) is 0 Å². The van der Waals surface area contributed by atoms with Gasteiger partial charge in [-0.3, -0.25) is 14.5 Å². The van der Waals surface area contributed by atoms with E-state index in [0.29, 0.717) is 63.3 Å². The molecule has 12 heteroatoms. The lowest BCUT2D eigenvalue weighted by Crippen LogP contribution is -2.44. The zero-order valence-corrected chi connectivity index (χ0v) is 22.6. The van der Waals surface area contributed by atoms with Crippen molar-refractivity contribution in [3.05, 3.63) is 81.5 Å². The average molecular weight is 574 g/mol. The lowest BCUT2D eigenvalue weighted by atomic mass is 10.00. The summed E-state index contributed by atoms with van der Waals surface area (Å²) in [4.78, 5) is 33.2. The Morgan fingerprint density at radius 2 is 1.76 bits per heavy atom. The summed E-state index contributed by atoms with van der Waals surface area (Å²) >= 11 is 0. The maximum atomic E-state index is 15.7. The van der Waals surface area contributed by atoms with Gasteiger partial charge in [-0.2, -0.15) is 13.2 Å². The number of amides is 1. The molecule has 0 bridgehead atoms. The van der Waals surface area contributed by atoms with Crippen LogP contribution in [0.3, 0.4) is 0 Å². The minimum absolute atomic E-state index is 0.175. The quantitative estimate of drug-likeness (QED) is 0.434. The molecule has 41 heavy (non-hydrogen) atoms. The van der Waals surface area contributed by atoms with E-state index in [1.165, 1.54) is 12.1 Å². The third-order valence-corrected chi connectivity index (χ3v) is 7.40. The van der Waals surface area contributed by atoms with E-state index in [-0.39, 0.29) is 11.3 Å². The number of ether oxygens (including phenoxy) is 1. The van der Waals surface area contributed by atoms with Crippen molar-refractivity contribution < 1.29 is 27.1 Å². The molecule has 8 nitrogen and oxygen atoms in total. The molecule has 2 fully saturated rings. The summed E-state index contributed by atoms with van der Waals surface area (Å²) in [7, 11) is 1.96. The largest absolute Gasteiger partial charge is 0.417 e. The third-order valence-electron chi connectivity index (χ3n) is 7.40. The van der Waals surface area contributed by atoms with Crippen molar-refractivity contribution in [2.75, 3.05) is 69.7 Å². The summed E-state index contributed by atoms with van der Waals surface area (Å²) in [6, 6.07) is 10.5. The second kappa shape index (κ2) is 12.0. The molecule has 0 radical (unpaired) electrons. The molecule has 2 saturated heterocycles. The number of nitrogens with zero attached hydrogens (tertiary/aromatic N) is 3. The first-order valence-electron chi connectivity index (χ1n) is 13.4. The van der Waals surface area contributed by atoms with Crippen LogP contribution in [0.15, 0.2) is 53.5 Å². The molecule has 2 N–H and O–H groups in total. The van der Waals surface area contributed by atoms with Gasteiger partial charge in [0.15, 0.2) is 0 Å². The monoisotopic (exact) mass is 573 g/mol. The van der Waals surface area contributed by atoms with Crippen LogP contribution in [0.4, 0.5) is 28.9 Å². The lowest BCUT2D eigenvalue weighted by Gasteiger charge is -2.35. The summed E-state index contributed by atoms with van der Waals surface area (Å²) in [5.41, 5.74) is -0.760. The molecule has 218 valence electrons. The highest BCUT2D eigenvalue weighted by atomic mass is 19.4. The number of anilines is 2. The Morgan fingerprint density at radius 3 is 2.46 bits per heavy atom. The Kier molecular flexibility index (Phi) is 8.43. The van der Waals surface area contributed by atoms with Crippen LogP contribution in [0.2, 0.25) is 0 Å². The molecular formula is C29H31F4N5O3. The normalized spacial score (nSPS) is 17.0. The van der Waals surface area contributed by atoms with E-state index in [0.717, 1.165) is 24.8 Å². The van der Waals surface area contributed by atoms with Crippen LogP contribution in [-0.4, -0.2) is 80.2 Å². The van der Waals surface area contributed by atoms with Crippen LogP contribution in [0, 0.1) is 5.82 Å². The van der Waals surface area contributed by atoms with Gasteiger partial charge in [-0.15, -0.1) is 0 Å². The molecule has 3 heterocycles.